The maximum Gasteiger partial charge on any atom is 0.416 e. The van der Waals surface area contributed by atoms with Gasteiger partial charge in [0, 0.05) is 12.0 Å². The number of hydrogen-bond acceptors (Lipinski definition) is 2. The van der Waals surface area contributed by atoms with Crippen LogP contribution in [-0.4, -0.2) is 10.9 Å². The Bertz CT molecular complexity index is 789. The van der Waals surface area contributed by atoms with E-state index in [1.807, 2.05) is 0 Å². The van der Waals surface area contributed by atoms with Crippen molar-refractivity contribution in [2.45, 2.75) is 12.6 Å². The molecule has 0 atom stereocenters. The second-order valence-corrected chi connectivity index (χ2v) is 5.11. The number of allylic oxidation sites excluding steroid dienone is 1. The predicted molar refractivity (Wildman–Crippen MR) is 75.6 cm³/mol. The highest BCUT2D eigenvalue weighted by Gasteiger charge is 2.31. The Morgan fingerprint density at radius 3 is 2.50 bits per heavy atom. The van der Waals surface area contributed by atoms with Gasteiger partial charge in [0.1, 0.15) is 5.75 Å². The smallest absolute Gasteiger partial charge is 0.416 e. The van der Waals surface area contributed by atoms with Crippen LogP contribution in [0.2, 0.25) is 0 Å². The van der Waals surface area contributed by atoms with Gasteiger partial charge in [0.05, 0.1) is 11.1 Å². The average Bonchev–Trinajstić information content (AvgIpc) is 2.76. The number of phenols is 1. The van der Waals surface area contributed by atoms with E-state index in [4.69, 9.17) is 0 Å². The zero-order valence-corrected chi connectivity index (χ0v) is 11.3. The number of Topliss-reactive ketones (excluding diaryl/α,β-unsaturated/α-hetero) is 1. The average molecular weight is 304 g/mol. The topological polar surface area (TPSA) is 37.3 Å². The molecule has 1 aliphatic rings. The van der Waals surface area contributed by atoms with Gasteiger partial charge >= 0.3 is 6.18 Å². The Hall–Kier alpha value is -2.56. The number of hydrogen-bond donors (Lipinski definition) is 1. The molecule has 0 bridgehead atoms. The fourth-order valence-corrected chi connectivity index (χ4v) is 2.56. The van der Waals surface area contributed by atoms with Crippen LogP contribution in [0, 0.1) is 0 Å². The number of fused-ring (bicyclic) bond motifs is 1. The molecule has 2 nitrogen and oxygen atoms in total. The summed E-state index contributed by atoms with van der Waals surface area (Å²) in [7, 11) is 0. The maximum atomic E-state index is 12.7. The van der Waals surface area contributed by atoms with Crippen molar-refractivity contribution in [1.82, 2.24) is 0 Å². The van der Waals surface area contributed by atoms with Gasteiger partial charge in [-0.15, -0.1) is 0 Å². The minimum Gasteiger partial charge on any atom is -0.507 e. The largest absolute Gasteiger partial charge is 0.507 e. The molecule has 0 fully saturated rings. The molecule has 0 aliphatic heterocycles. The van der Waals surface area contributed by atoms with E-state index in [2.05, 4.69) is 0 Å². The van der Waals surface area contributed by atoms with Crippen LogP contribution in [0.5, 0.6) is 5.75 Å². The number of aromatic hydroxyl groups is 1. The normalized spacial score (nSPS) is 16.1. The first-order chi connectivity index (χ1) is 10.4. The minimum absolute atomic E-state index is 0.102. The molecule has 2 aromatic rings. The van der Waals surface area contributed by atoms with Gasteiger partial charge in [-0.1, -0.05) is 24.3 Å². The molecule has 3 rings (SSSR count). The molecule has 0 amide bonds. The van der Waals surface area contributed by atoms with Crippen molar-refractivity contribution in [2.24, 2.45) is 0 Å². The molecule has 0 heterocycles. The molecule has 112 valence electrons. The third-order valence-electron chi connectivity index (χ3n) is 3.58. The van der Waals surface area contributed by atoms with Crippen LogP contribution in [0.15, 0.2) is 48.0 Å². The third-order valence-corrected chi connectivity index (χ3v) is 3.58. The first-order valence-corrected chi connectivity index (χ1v) is 6.59. The van der Waals surface area contributed by atoms with E-state index >= 15 is 0 Å². The monoisotopic (exact) mass is 304 g/mol. The van der Waals surface area contributed by atoms with E-state index in [9.17, 15) is 23.1 Å². The molecule has 0 aromatic heterocycles. The van der Waals surface area contributed by atoms with E-state index in [0.29, 0.717) is 23.1 Å². The SMILES string of the molecule is O=C1/C(=C/c2cccc(C(F)(F)F)c2)Cc2cccc(O)c21. The fraction of sp³-hybridized carbons (Fsp3) is 0.118. The fourth-order valence-electron chi connectivity index (χ4n) is 2.56. The van der Waals surface area contributed by atoms with Gasteiger partial charge in [-0.05, 0) is 35.4 Å². The molecule has 0 spiro atoms. The van der Waals surface area contributed by atoms with Crippen LogP contribution < -0.4 is 0 Å². The zero-order chi connectivity index (χ0) is 15.9. The summed E-state index contributed by atoms with van der Waals surface area (Å²) in [6.07, 6.45) is -2.68. The van der Waals surface area contributed by atoms with Crippen molar-refractivity contribution in [3.8, 4) is 5.75 Å². The van der Waals surface area contributed by atoms with E-state index < -0.39 is 11.7 Å². The van der Waals surface area contributed by atoms with Crippen molar-refractivity contribution in [3.05, 3.63) is 70.3 Å². The molecular formula is C17H11F3O2. The van der Waals surface area contributed by atoms with Crippen molar-refractivity contribution in [3.63, 3.8) is 0 Å². The summed E-state index contributed by atoms with van der Waals surface area (Å²) < 4.78 is 38.1. The second kappa shape index (κ2) is 5.02. The van der Waals surface area contributed by atoms with Crippen LogP contribution in [-0.2, 0) is 12.6 Å². The molecule has 1 N–H and O–H groups in total. The first kappa shape index (κ1) is 14.4. The van der Waals surface area contributed by atoms with Crippen LogP contribution in [0.4, 0.5) is 13.2 Å². The summed E-state index contributed by atoms with van der Waals surface area (Å²) in [5.41, 5.74) is 0.845. The molecular weight excluding hydrogens is 293 g/mol. The van der Waals surface area contributed by atoms with Crippen molar-refractivity contribution >= 4 is 11.9 Å². The lowest BCUT2D eigenvalue weighted by Crippen LogP contribution is -2.04. The summed E-state index contributed by atoms with van der Waals surface area (Å²) in [4.78, 5) is 12.3. The Morgan fingerprint density at radius 2 is 1.82 bits per heavy atom. The number of halogens is 3. The number of ketones is 1. The quantitative estimate of drug-likeness (QED) is 0.800. The number of rotatable bonds is 1. The van der Waals surface area contributed by atoms with E-state index in [0.717, 1.165) is 12.1 Å². The van der Waals surface area contributed by atoms with Gasteiger partial charge < -0.3 is 5.11 Å². The number of alkyl halides is 3. The van der Waals surface area contributed by atoms with Gasteiger partial charge in [-0.25, -0.2) is 0 Å². The Kier molecular flexibility index (Phi) is 3.28. The van der Waals surface area contributed by atoms with Crippen LogP contribution in [0.25, 0.3) is 6.08 Å². The van der Waals surface area contributed by atoms with Gasteiger partial charge in [0.15, 0.2) is 5.78 Å². The lowest BCUT2D eigenvalue weighted by Gasteiger charge is -2.07. The lowest BCUT2D eigenvalue weighted by molar-refractivity contribution is -0.137. The Morgan fingerprint density at radius 1 is 1.09 bits per heavy atom. The summed E-state index contributed by atoms with van der Waals surface area (Å²) >= 11 is 0. The Balaban J connectivity index is 1.99. The molecule has 22 heavy (non-hydrogen) atoms. The lowest BCUT2D eigenvalue weighted by atomic mass is 10.1. The van der Waals surface area contributed by atoms with E-state index in [-0.39, 0.29) is 17.1 Å². The van der Waals surface area contributed by atoms with Gasteiger partial charge in [0.2, 0.25) is 0 Å². The zero-order valence-electron chi connectivity index (χ0n) is 11.3. The third kappa shape index (κ3) is 2.50. The Labute approximate surface area is 124 Å². The summed E-state index contributed by atoms with van der Waals surface area (Å²) in [6.45, 7) is 0. The summed E-state index contributed by atoms with van der Waals surface area (Å²) in [5.74, 6) is -0.444. The number of benzene rings is 2. The molecule has 0 saturated heterocycles. The number of phenolic OH excluding ortho intramolecular Hbond substituents is 1. The first-order valence-electron chi connectivity index (χ1n) is 6.59. The van der Waals surface area contributed by atoms with E-state index in [1.165, 1.54) is 24.3 Å². The minimum atomic E-state index is -4.42. The van der Waals surface area contributed by atoms with Crippen molar-refractivity contribution in [1.29, 1.82) is 0 Å². The van der Waals surface area contributed by atoms with Crippen LogP contribution in [0.3, 0.4) is 0 Å². The predicted octanol–water partition coefficient (Wildman–Crippen LogP) is 4.23. The summed E-state index contributed by atoms with van der Waals surface area (Å²) in [6, 6.07) is 9.58. The van der Waals surface area contributed by atoms with Crippen LogP contribution >= 0.6 is 0 Å². The second-order valence-electron chi connectivity index (χ2n) is 5.11. The van der Waals surface area contributed by atoms with Crippen LogP contribution in [0.1, 0.15) is 27.0 Å². The molecule has 0 radical (unpaired) electrons. The standard InChI is InChI=1S/C17H11F3O2/c18-17(19,20)13-5-1-3-10(8-13)7-12-9-11-4-2-6-14(21)15(11)16(12)22/h1-8,21H,9H2/b12-7+. The highest BCUT2D eigenvalue weighted by Crippen LogP contribution is 2.34. The van der Waals surface area contributed by atoms with Gasteiger partial charge in [0.25, 0.3) is 0 Å². The summed E-state index contributed by atoms with van der Waals surface area (Å²) in [5, 5.41) is 9.74. The molecule has 0 unspecified atom stereocenters. The van der Waals surface area contributed by atoms with Gasteiger partial charge in [-0.3, -0.25) is 4.79 Å². The molecule has 0 saturated carbocycles. The van der Waals surface area contributed by atoms with Crippen molar-refractivity contribution < 1.29 is 23.1 Å². The highest BCUT2D eigenvalue weighted by atomic mass is 19.4. The number of carbonyl (C=O) groups excluding carboxylic acids is 1. The maximum absolute atomic E-state index is 12.7. The molecule has 2 aromatic carbocycles. The molecule has 1 aliphatic carbocycles. The van der Waals surface area contributed by atoms with Gasteiger partial charge in [-0.2, -0.15) is 13.2 Å². The van der Waals surface area contributed by atoms with E-state index in [1.54, 1.807) is 12.1 Å². The van der Waals surface area contributed by atoms with Crippen molar-refractivity contribution in [2.75, 3.05) is 0 Å². The molecule has 5 heteroatoms. The number of carbonyl (C=O) groups is 1. The highest BCUT2D eigenvalue weighted by molar-refractivity contribution is 6.17.